The molecule has 1 unspecified atom stereocenters. The maximum atomic E-state index is 10.4. The molecule has 1 N–H and O–H groups in total. The van der Waals surface area contributed by atoms with E-state index in [4.69, 9.17) is 4.74 Å². The summed E-state index contributed by atoms with van der Waals surface area (Å²) in [6.45, 7) is 3.12. The predicted octanol–water partition coefficient (Wildman–Crippen LogP) is 5.05. The highest BCUT2D eigenvalue weighted by Crippen LogP contribution is 2.23. The Kier molecular flexibility index (Phi) is 7.17. The van der Waals surface area contributed by atoms with E-state index in [1.54, 1.807) is 0 Å². The summed E-state index contributed by atoms with van der Waals surface area (Å²) in [5.41, 5.74) is 3.80. The Morgan fingerprint density at radius 1 is 0.800 bits per heavy atom. The molecular formula is C27H31NO2. The molecule has 156 valence electrons. The minimum Gasteiger partial charge on any atom is -0.491 e. The fraction of sp³-hybridized carbons (Fsp3) is 0.333. The molecule has 0 bridgehead atoms. The highest BCUT2D eigenvalue weighted by molar-refractivity contribution is 5.63. The van der Waals surface area contributed by atoms with Gasteiger partial charge in [0.25, 0.3) is 0 Å². The lowest BCUT2D eigenvalue weighted by molar-refractivity contribution is 0.0550. The molecular weight excluding hydrogens is 370 g/mol. The van der Waals surface area contributed by atoms with Gasteiger partial charge in [0.2, 0.25) is 0 Å². The summed E-state index contributed by atoms with van der Waals surface area (Å²) < 4.78 is 5.82. The number of hydrogen-bond donors (Lipinski definition) is 1. The first-order valence-electron chi connectivity index (χ1n) is 11.0. The molecule has 0 aliphatic carbocycles. The van der Waals surface area contributed by atoms with Gasteiger partial charge in [-0.2, -0.15) is 0 Å². The van der Waals surface area contributed by atoms with Gasteiger partial charge in [-0.1, -0.05) is 72.8 Å². The van der Waals surface area contributed by atoms with Crippen molar-refractivity contribution in [3.05, 3.63) is 90.5 Å². The Hall–Kier alpha value is -2.62. The van der Waals surface area contributed by atoms with E-state index in [0.29, 0.717) is 13.2 Å². The zero-order valence-corrected chi connectivity index (χ0v) is 17.5. The number of benzene rings is 3. The molecule has 30 heavy (non-hydrogen) atoms. The second-order valence-corrected chi connectivity index (χ2v) is 8.29. The molecule has 1 aliphatic heterocycles. The fourth-order valence-corrected chi connectivity index (χ4v) is 4.24. The Morgan fingerprint density at radius 3 is 2.07 bits per heavy atom. The Bertz CT molecular complexity index is 872. The zero-order chi connectivity index (χ0) is 20.6. The number of hydrogen-bond acceptors (Lipinski definition) is 3. The van der Waals surface area contributed by atoms with Gasteiger partial charge in [0.15, 0.2) is 0 Å². The molecule has 0 saturated carbocycles. The van der Waals surface area contributed by atoms with E-state index in [1.807, 2.05) is 30.3 Å². The van der Waals surface area contributed by atoms with Gasteiger partial charge in [-0.3, -0.25) is 0 Å². The van der Waals surface area contributed by atoms with Gasteiger partial charge in [-0.15, -0.1) is 0 Å². The van der Waals surface area contributed by atoms with Crippen LogP contribution in [-0.2, 0) is 6.42 Å². The van der Waals surface area contributed by atoms with Crippen LogP contribution in [0.3, 0.4) is 0 Å². The van der Waals surface area contributed by atoms with Crippen LogP contribution in [0, 0.1) is 5.92 Å². The Morgan fingerprint density at radius 2 is 1.40 bits per heavy atom. The molecule has 0 radical (unpaired) electrons. The van der Waals surface area contributed by atoms with Crippen molar-refractivity contribution in [2.75, 3.05) is 26.2 Å². The molecule has 0 spiro atoms. The molecule has 1 saturated heterocycles. The molecule has 1 heterocycles. The summed E-state index contributed by atoms with van der Waals surface area (Å²) in [5, 5.41) is 10.4. The molecule has 1 aliphatic rings. The molecule has 1 atom stereocenters. The quantitative estimate of drug-likeness (QED) is 0.573. The first kappa shape index (κ1) is 20.6. The lowest BCUT2D eigenvalue weighted by atomic mass is 9.90. The van der Waals surface area contributed by atoms with Crippen molar-refractivity contribution in [2.24, 2.45) is 5.92 Å². The number of piperidine rings is 1. The van der Waals surface area contributed by atoms with Gasteiger partial charge in [-0.25, -0.2) is 0 Å². The second-order valence-electron chi connectivity index (χ2n) is 8.29. The smallest absolute Gasteiger partial charge is 0.119 e. The van der Waals surface area contributed by atoms with E-state index in [9.17, 15) is 5.11 Å². The Balaban J connectivity index is 1.18. The maximum absolute atomic E-state index is 10.4. The third kappa shape index (κ3) is 5.94. The summed E-state index contributed by atoms with van der Waals surface area (Å²) in [5.74, 6) is 1.55. The number of nitrogens with zero attached hydrogens (tertiary/aromatic N) is 1. The lowest BCUT2D eigenvalue weighted by Gasteiger charge is -2.33. The first-order valence-corrected chi connectivity index (χ1v) is 11.0. The summed E-state index contributed by atoms with van der Waals surface area (Å²) >= 11 is 0. The largest absolute Gasteiger partial charge is 0.491 e. The summed E-state index contributed by atoms with van der Waals surface area (Å²) in [6, 6.07) is 29.1. The van der Waals surface area contributed by atoms with Crippen LogP contribution >= 0.6 is 0 Å². The van der Waals surface area contributed by atoms with Gasteiger partial charge in [-0.05, 0) is 67.1 Å². The first-order chi connectivity index (χ1) is 14.8. The zero-order valence-electron chi connectivity index (χ0n) is 17.5. The number of β-amino-alcohol motifs (C(OH)–C–C–N with tert-alkyl or cyclic N) is 1. The van der Waals surface area contributed by atoms with Crippen molar-refractivity contribution in [3.63, 3.8) is 0 Å². The number of likely N-dealkylation sites (tertiary alicyclic amines) is 1. The van der Waals surface area contributed by atoms with Gasteiger partial charge < -0.3 is 14.7 Å². The molecule has 3 aromatic rings. The number of aliphatic hydroxyl groups excluding tert-OH is 1. The van der Waals surface area contributed by atoms with Crippen molar-refractivity contribution in [1.82, 2.24) is 4.90 Å². The minimum atomic E-state index is -0.468. The van der Waals surface area contributed by atoms with Crippen molar-refractivity contribution in [3.8, 4) is 16.9 Å². The van der Waals surface area contributed by atoms with Crippen LogP contribution in [0.5, 0.6) is 5.75 Å². The SMILES string of the molecule is OC(COc1ccc(-c2ccccc2)cc1)CN1CCC(Cc2ccccc2)CC1. The van der Waals surface area contributed by atoms with Gasteiger partial charge >= 0.3 is 0 Å². The minimum absolute atomic E-state index is 0.328. The van der Waals surface area contributed by atoms with E-state index in [-0.39, 0.29) is 0 Å². The van der Waals surface area contributed by atoms with Crippen LogP contribution in [0.25, 0.3) is 11.1 Å². The van der Waals surface area contributed by atoms with Gasteiger partial charge in [0.05, 0.1) is 0 Å². The average Bonchev–Trinajstić information content (AvgIpc) is 2.81. The maximum Gasteiger partial charge on any atom is 0.119 e. The third-order valence-corrected chi connectivity index (χ3v) is 5.95. The van der Waals surface area contributed by atoms with Crippen molar-refractivity contribution < 1.29 is 9.84 Å². The second kappa shape index (κ2) is 10.4. The molecule has 4 rings (SSSR count). The number of aliphatic hydroxyl groups is 1. The van der Waals surface area contributed by atoms with Crippen LogP contribution in [0.4, 0.5) is 0 Å². The highest BCUT2D eigenvalue weighted by atomic mass is 16.5. The van der Waals surface area contributed by atoms with Crippen LogP contribution < -0.4 is 4.74 Å². The standard InChI is InChI=1S/C27H31NO2/c29-26(20-28-17-15-23(16-18-28)19-22-7-3-1-4-8-22)21-30-27-13-11-25(12-14-27)24-9-5-2-6-10-24/h1-14,23,26,29H,15-21H2. The molecule has 3 aromatic carbocycles. The van der Waals surface area contributed by atoms with E-state index in [1.165, 1.54) is 36.0 Å². The van der Waals surface area contributed by atoms with E-state index in [2.05, 4.69) is 59.5 Å². The van der Waals surface area contributed by atoms with Crippen LogP contribution in [0.15, 0.2) is 84.9 Å². The number of ether oxygens (including phenoxy) is 1. The van der Waals surface area contributed by atoms with E-state index in [0.717, 1.165) is 24.8 Å². The third-order valence-electron chi connectivity index (χ3n) is 5.95. The summed E-state index contributed by atoms with van der Waals surface area (Å²) in [6.07, 6.45) is 3.09. The van der Waals surface area contributed by atoms with Gasteiger partial charge in [0, 0.05) is 6.54 Å². The molecule has 3 nitrogen and oxygen atoms in total. The van der Waals surface area contributed by atoms with Crippen molar-refractivity contribution in [1.29, 1.82) is 0 Å². The number of rotatable bonds is 8. The predicted molar refractivity (Wildman–Crippen MR) is 123 cm³/mol. The topological polar surface area (TPSA) is 32.7 Å². The summed E-state index contributed by atoms with van der Waals surface area (Å²) in [7, 11) is 0. The van der Waals surface area contributed by atoms with Crippen LogP contribution in [0.2, 0.25) is 0 Å². The van der Waals surface area contributed by atoms with Gasteiger partial charge in [0.1, 0.15) is 18.5 Å². The van der Waals surface area contributed by atoms with Crippen LogP contribution in [-0.4, -0.2) is 42.4 Å². The lowest BCUT2D eigenvalue weighted by Crippen LogP contribution is -2.41. The molecule has 3 heteroatoms. The summed E-state index contributed by atoms with van der Waals surface area (Å²) in [4.78, 5) is 2.37. The van der Waals surface area contributed by atoms with E-state index >= 15 is 0 Å². The monoisotopic (exact) mass is 401 g/mol. The molecule has 1 fully saturated rings. The fourth-order valence-electron chi connectivity index (χ4n) is 4.24. The van der Waals surface area contributed by atoms with Crippen LogP contribution in [0.1, 0.15) is 18.4 Å². The highest BCUT2D eigenvalue weighted by Gasteiger charge is 2.21. The van der Waals surface area contributed by atoms with Crippen molar-refractivity contribution >= 4 is 0 Å². The molecule has 0 amide bonds. The van der Waals surface area contributed by atoms with Crippen molar-refractivity contribution in [2.45, 2.75) is 25.4 Å². The van der Waals surface area contributed by atoms with E-state index < -0.39 is 6.10 Å². The molecule has 0 aromatic heterocycles. The normalized spacial score (nSPS) is 16.3. The average molecular weight is 402 g/mol. The Labute approximate surface area is 179 Å².